The van der Waals surface area contributed by atoms with Crippen LogP contribution in [0.25, 0.3) is 10.8 Å². The second-order valence-corrected chi connectivity index (χ2v) is 9.94. The van der Waals surface area contributed by atoms with Crippen LogP contribution in [0.4, 0.5) is 43.5 Å². The Kier molecular flexibility index (Phi) is 9.33. The molecule has 2 aromatic carbocycles. The highest BCUT2D eigenvalue weighted by Gasteiger charge is 2.26. The number of hydrogen-bond donors (Lipinski definition) is 1. The number of fused-ring (bicyclic) bond motifs is 1. The third-order valence-corrected chi connectivity index (χ3v) is 7.13. The molecule has 0 aliphatic carbocycles. The Balaban J connectivity index is 0.000000262. The maximum Gasteiger partial charge on any atom is 0.265 e. The van der Waals surface area contributed by atoms with Crippen molar-refractivity contribution in [1.29, 1.82) is 0 Å². The topological polar surface area (TPSA) is 53.4 Å². The second kappa shape index (κ2) is 12.7. The summed E-state index contributed by atoms with van der Waals surface area (Å²) >= 11 is 0. The number of hydrogen-bond acceptors (Lipinski definition) is 5. The summed E-state index contributed by atoms with van der Waals surface area (Å²) in [5, 5.41) is 2.92. The summed E-state index contributed by atoms with van der Waals surface area (Å²) in [5.41, 5.74) is 1.38. The molecule has 2 aromatic heterocycles. The molecular formula is C30H31F6N5O. The number of nitrogens with one attached hydrogen (secondary N) is 1. The van der Waals surface area contributed by atoms with Gasteiger partial charge in [-0.2, -0.15) is 0 Å². The number of pyridine rings is 2. The third-order valence-electron chi connectivity index (χ3n) is 7.13. The molecule has 5 rings (SSSR count). The van der Waals surface area contributed by atoms with E-state index in [0.29, 0.717) is 49.7 Å². The summed E-state index contributed by atoms with van der Waals surface area (Å²) in [5.74, 6) is -1.95. The van der Waals surface area contributed by atoms with Gasteiger partial charge in [0.1, 0.15) is 23.3 Å². The quantitative estimate of drug-likeness (QED) is 0.269. The molecule has 224 valence electrons. The lowest BCUT2D eigenvalue weighted by molar-refractivity contribution is 0.151. The van der Waals surface area contributed by atoms with Crippen LogP contribution in [0.5, 0.6) is 0 Å². The molecule has 1 aliphatic rings. The summed E-state index contributed by atoms with van der Waals surface area (Å²) in [6.07, 6.45) is -1.47. The van der Waals surface area contributed by atoms with Crippen molar-refractivity contribution in [2.75, 3.05) is 47.8 Å². The Bertz CT molecular complexity index is 1650. The minimum Gasteiger partial charge on any atom is -0.385 e. The average Bonchev–Trinajstić information content (AvgIpc) is 2.94. The molecule has 0 spiro atoms. The van der Waals surface area contributed by atoms with Crippen molar-refractivity contribution in [2.24, 2.45) is 7.05 Å². The SMILES string of the molecule is CCNc1ccc(F)cc1C(F)F.Cc1ncc(F)cc1N1CCN(c2c(F)c3c(C)cc(F)cc3c(=O)n2C)CC1. The third kappa shape index (κ3) is 6.32. The van der Waals surface area contributed by atoms with Crippen LogP contribution in [-0.4, -0.2) is 42.3 Å². The van der Waals surface area contributed by atoms with Crippen LogP contribution in [0.1, 0.15) is 30.2 Å². The molecule has 3 heterocycles. The molecule has 0 amide bonds. The predicted molar refractivity (Wildman–Crippen MR) is 153 cm³/mol. The summed E-state index contributed by atoms with van der Waals surface area (Å²) in [6.45, 7) is 7.69. The molecule has 12 heteroatoms. The molecule has 1 fully saturated rings. The van der Waals surface area contributed by atoms with Crippen molar-refractivity contribution >= 4 is 28.0 Å². The smallest absolute Gasteiger partial charge is 0.265 e. The maximum absolute atomic E-state index is 15.4. The first-order valence-electron chi connectivity index (χ1n) is 13.3. The van der Waals surface area contributed by atoms with Gasteiger partial charge in [-0.3, -0.25) is 14.3 Å². The molecule has 0 saturated carbocycles. The summed E-state index contributed by atoms with van der Waals surface area (Å²) in [6, 6.07) is 7.08. The number of aryl methyl sites for hydroxylation is 2. The largest absolute Gasteiger partial charge is 0.385 e. The van der Waals surface area contributed by atoms with Crippen molar-refractivity contribution in [3.8, 4) is 0 Å². The van der Waals surface area contributed by atoms with Crippen LogP contribution in [-0.2, 0) is 7.05 Å². The van der Waals surface area contributed by atoms with Crippen molar-refractivity contribution in [3.05, 3.63) is 93.0 Å². The standard InChI is InChI=1S/C21H21F3N4O.C9H10F3N/c1-12-8-14(22)9-16-18(12)19(24)20(26(3)21(16)29)28-6-4-27(5-7-28)17-10-15(23)11-25-13(17)2;1-2-13-8-4-3-6(10)5-7(8)9(11)12/h8-11H,4-7H2,1-3H3;3-5,9,13H,2H2,1H3. The number of anilines is 3. The lowest BCUT2D eigenvalue weighted by atomic mass is 10.1. The highest BCUT2D eigenvalue weighted by molar-refractivity contribution is 5.88. The molecule has 0 atom stereocenters. The first-order valence-corrected chi connectivity index (χ1v) is 13.3. The summed E-state index contributed by atoms with van der Waals surface area (Å²) in [7, 11) is 1.49. The first-order chi connectivity index (χ1) is 19.9. The lowest BCUT2D eigenvalue weighted by Crippen LogP contribution is -2.48. The van der Waals surface area contributed by atoms with Crippen LogP contribution in [0.3, 0.4) is 0 Å². The molecule has 42 heavy (non-hydrogen) atoms. The van der Waals surface area contributed by atoms with Gasteiger partial charge in [0, 0.05) is 62.5 Å². The zero-order valence-electron chi connectivity index (χ0n) is 23.6. The molecule has 0 unspecified atom stereocenters. The average molecular weight is 592 g/mol. The van der Waals surface area contributed by atoms with Crippen LogP contribution in [0, 0.1) is 37.1 Å². The number of nitrogens with zero attached hydrogens (tertiary/aromatic N) is 4. The predicted octanol–water partition coefficient (Wildman–Crippen LogP) is 6.49. The van der Waals surface area contributed by atoms with E-state index in [9.17, 15) is 26.7 Å². The molecule has 0 bridgehead atoms. The Hall–Kier alpha value is -4.22. The van der Waals surface area contributed by atoms with Gasteiger partial charge in [0.25, 0.3) is 12.0 Å². The number of halogens is 6. The van der Waals surface area contributed by atoms with Crippen LogP contribution >= 0.6 is 0 Å². The Morgan fingerprint density at radius 1 is 0.905 bits per heavy atom. The lowest BCUT2D eigenvalue weighted by Gasteiger charge is -2.38. The normalized spacial score (nSPS) is 13.4. The van der Waals surface area contributed by atoms with Crippen molar-refractivity contribution in [3.63, 3.8) is 0 Å². The highest BCUT2D eigenvalue weighted by atomic mass is 19.3. The molecule has 0 radical (unpaired) electrons. The number of alkyl halides is 2. The summed E-state index contributed by atoms with van der Waals surface area (Å²) < 4.78 is 81.2. The van der Waals surface area contributed by atoms with Gasteiger partial charge in [-0.25, -0.2) is 26.3 Å². The minimum absolute atomic E-state index is 0.0337. The fraction of sp³-hybridized carbons (Fsp3) is 0.333. The zero-order valence-corrected chi connectivity index (χ0v) is 23.6. The molecule has 6 nitrogen and oxygen atoms in total. The molecule has 1 N–H and O–H groups in total. The monoisotopic (exact) mass is 591 g/mol. The van der Waals surface area contributed by atoms with Gasteiger partial charge in [0.05, 0.1) is 23.0 Å². The Morgan fingerprint density at radius 3 is 2.21 bits per heavy atom. The van der Waals surface area contributed by atoms with Crippen molar-refractivity contribution in [2.45, 2.75) is 27.2 Å². The summed E-state index contributed by atoms with van der Waals surface area (Å²) in [4.78, 5) is 20.6. The highest BCUT2D eigenvalue weighted by Crippen LogP contribution is 2.30. The number of benzene rings is 2. The Morgan fingerprint density at radius 2 is 1.57 bits per heavy atom. The van der Waals surface area contributed by atoms with Gasteiger partial charge in [-0.05, 0) is 56.7 Å². The minimum atomic E-state index is -2.65. The van der Waals surface area contributed by atoms with E-state index in [0.717, 1.165) is 23.9 Å². The number of rotatable bonds is 5. The Labute approximate surface area is 239 Å². The van der Waals surface area contributed by atoms with E-state index < -0.39 is 35.3 Å². The van der Waals surface area contributed by atoms with E-state index in [4.69, 9.17) is 0 Å². The van der Waals surface area contributed by atoms with Gasteiger partial charge < -0.3 is 15.1 Å². The van der Waals surface area contributed by atoms with E-state index in [2.05, 4.69) is 10.3 Å². The van der Waals surface area contributed by atoms with Crippen LogP contribution in [0.2, 0.25) is 0 Å². The second-order valence-electron chi connectivity index (χ2n) is 9.94. The molecule has 4 aromatic rings. The zero-order chi connectivity index (χ0) is 30.7. The van der Waals surface area contributed by atoms with Gasteiger partial charge in [-0.1, -0.05) is 0 Å². The first kappa shape index (κ1) is 30.7. The van der Waals surface area contributed by atoms with Gasteiger partial charge in [-0.15, -0.1) is 0 Å². The molecular weight excluding hydrogens is 560 g/mol. The number of aromatic nitrogens is 2. The van der Waals surface area contributed by atoms with Crippen LogP contribution < -0.4 is 20.7 Å². The van der Waals surface area contributed by atoms with Crippen molar-refractivity contribution in [1.82, 2.24) is 9.55 Å². The van der Waals surface area contributed by atoms with Gasteiger partial charge in [0.15, 0.2) is 5.82 Å². The molecule has 1 saturated heterocycles. The fourth-order valence-corrected chi connectivity index (χ4v) is 5.13. The van der Waals surface area contributed by atoms with E-state index >= 15 is 4.39 Å². The van der Waals surface area contributed by atoms with Gasteiger partial charge >= 0.3 is 0 Å². The maximum atomic E-state index is 15.4. The number of piperazine rings is 1. The van der Waals surface area contributed by atoms with E-state index in [1.807, 2.05) is 11.8 Å². The molecule has 1 aliphatic heterocycles. The van der Waals surface area contributed by atoms with E-state index in [1.165, 1.54) is 36.0 Å². The van der Waals surface area contributed by atoms with E-state index in [1.54, 1.807) is 18.7 Å². The fourth-order valence-electron chi connectivity index (χ4n) is 5.13. The van der Waals surface area contributed by atoms with E-state index in [-0.39, 0.29) is 22.2 Å². The van der Waals surface area contributed by atoms with Gasteiger partial charge in [0.2, 0.25) is 0 Å². The van der Waals surface area contributed by atoms with Crippen LogP contribution in [0.15, 0.2) is 47.4 Å². The van der Waals surface area contributed by atoms with Crippen molar-refractivity contribution < 1.29 is 26.3 Å².